The topological polar surface area (TPSA) is 64.2 Å². The highest BCUT2D eigenvalue weighted by molar-refractivity contribution is 5.96. The third-order valence-electron chi connectivity index (χ3n) is 4.26. The minimum absolute atomic E-state index is 0.0345. The van der Waals surface area contributed by atoms with Crippen LogP contribution in [0.25, 0.3) is 0 Å². The van der Waals surface area contributed by atoms with Crippen molar-refractivity contribution in [1.82, 2.24) is 19.6 Å². The maximum atomic E-state index is 12.9. The number of hydrogen-bond donors (Lipinski definition) is 0. The number of aromatic nitrogens is 3. The SMILES string of the molecule is Cc1noc(C(C)C)c1C(=O)N1CCCC(n2ccnc2)C1. The van der Waals surface area contributed by atoms with Crippen LogP contribution < -0.4 is 0 Å². The monoisotopic (exact) mass is 302 g/mol. The van der Waals surface area contributed by atoms with Gasteiger partial charge in [0.05, 0.1) is 18.1 Å². The van der Waals surface area contributed by atoms with Crippen molar-refractivity contribution in [3.05, 3.63) is 35.7 Å². The molecular weight excluding hydrogens is 280 g/mol. The molecular formula is C16H22N4O2. The van der Waals surface area contributed by atoms with Gasteiger partial charge in [0.2, 0.25) is 0 Å². The number of rotatable bonds is 3. The summed E-state index contributed by atoms with van der Waals surface area (Å²) in [6.45, 7) is 7.35. The molecule has 1 unspecified atom stereocenters. The quantitative estimate of drug-likeness (QED) is 0.874. The molecule has 1 aliphatic heterocycles. The van der Waals surface area contributed by atoms with Gasteiger partial charge in [0.1, 0.15) is 5.56 Å². The summed E-state index contributed by atoms with van der Waals surface area (Å²) in [7, 11) is 0. The first-order valence-corrected chi connectivity index (χ1v) is 7.80. The molecule has 6 heteroatoms. The summed E-state index contributed by atoms with van der Waals surface area (Å²) in [5.74, 6) is 0.869. The van der Waals surface area contributed by atoms with E-state index in [9.17, 15) is 4.79 Å². The molecule has 0 bridgehead atoms. The van der Waals surface area contributed by atoms with Crippen molar-refractivity contribution in [1.29, 1.82) is 0 Å². The molecule has 6 nitrogen and oxygen atoms in total. The fraction of sp³-hybridized carbons (Fsp3) is 0.562. The Morgan fingerprint density at radius 2 is 2.27 bits per heavy atom. The number of hydrogen-bond acceptors (Lipinski definition) is 4. The van der Waals surface area contributed by atoms with Crippen molar-refractivity contribution in [2.75, 3.05) is 13.1 Å². The molecule has 118 valence electrons. The van der Waals surface area contributed by atoms with Gasteiger partial charge in [-0.25, -0.2) is 4.98 Å². The fourth-order valence-corrected chi connectivity index (χ4v) is 3.07. The first-order chi connectivity index (χ1) is 10.6. The first kappa shape index (κ1) is 14.8. The number of aryl methyl sites for hydroxylation is 1. The Balaban J connectivity index is 1.82. The van der Waals surface area contributed by atoms with Crippen LogP contribution in [-0.2, 0) is 0 Å². The molecule has 3 rings (SSSR count). The predicted octanol–water partition coefficient (Wildman–Crippen LogP) is 2.78. The lowest BCUT2D eigenvalue weighted by molar-refractivity contribution is 0.0676. The Kier molecular flexibility index (Phi) is 4.00. The van der Waals surface area contributed by atoms with Gasteiger partial charge in [-0.1, -0.05) is 19.0 Å². The fourth-order valence-electron chi connectivity index (χ4n) is 3.07. The van der Waals surface area contributed by atoms with Gasteiger partial charge >= 0.3 is 0 Å². The molecule has 2 aromatic heterocycles. The van der Waals surface area contributed by atoms with Crippen LogP contribution in [0.15, 0.2) is 23.2 Å². The Labute approximate surface area is 130 Å². The number of piperidine rings is 1. The van der Waals surface area contributed by atoms with Crippen molar-refractivity contribution in [3.8, 4) is 0 Å². The number of likely N-dealkylation sites (tertiary alicyclic amines) is 1. The summed E-state index contributed by atoms with van der Waals surface area (Å²) in [5.41, 5.74) is 1.32. The zero-order valence-electron chi connectivity index (χ0n) is 13.3. The van der Waals surface area contributed by atoms with Crippen LogP contribution in [0.4, 0.5) is 0 Å². The third kappa shape index (κ3) is 2.65. The van der Waals surface area contributed by atoms with Crippen LogP contribution in [0.1, 0.15) is 60.5 Å². The smallest absolute Gasteiger partial charge is 0.259 e. The molecule has 22 heavy (non-hydrogen) atoms. The second kappa shape index (κ2) is 5.94. The van der Waals surface area contributed by atoms with Gasteiger partial charge < -0.3 is 14.0 Å². The average Bonchev–Trinajstić information content (AvgIpc) is 3.16. The van der Waals surface area contributed by atoms with Crippen molar-refractivity contribution in [2.45, 2.75) is 45.6 Å². The van der Waals surface area contributed by atoms with Gasteiger partial charge in [0.15, 0.2) is 5.76 Å². The Morgan fingerprint density at radius 1 is 1.45 bits per heavy atom. The van der Waals surface area contributed by atoms with Gasteiger partial charge in [-0.3, -0.25) is 4.79 Å². The van der Waals surface area contributed by atoms with E-state index in [-0.39, 0.29) is 11.8 Å². The van der Waals surface area contributed by atoms with E-state index in [1.807, 2.05) is 38.2 Å². The second-order valence-corrected chi connectivity index (χ2v) is 6.22. The summed E-state index contributed by atoms with van der Waals surface area (Å²) < 4.78 is 7.44. The molecule has 1 aliphatic rings. The van der Waals surface area contributed by atoms with E-state index < -0.39 is 0 Å². The molecule has 0 saturated carbocycles. The molecule has 1 atom stereocenters. The minimum atomic E-state index is 0.0345. The number of amides is 1. The summed E-state index contributed by atoms with van der Waals surface area (Å²) >= 11 is 0. The molecule has 0 spiro atoms. The summed E-state index contributed by atoms with van der Waals surface area (Å²) in [6.07, 6.45) is 7.63. The van der Waals surface area contributed by atoms with E-state index in [2.05, 4.69) is 14.7 Å². The highest BCUT2D eigenvalue weighted by atomic mass is 16.5. The molecule has 0 aromatic carbocycles. The normalized spacial score (nSPS) is 18.9. The Hall–Kier alpha value is -2.11. The molecule has 1 amide bonds. The van der Waals surface area contributed by atoms with E-state index in [0.717, 1.165) is 19.4 Å². The minimum Gasteiger partial charge on any atom is -0.360 e. The van der Waals surface area contributed by atoms with E-state index in [1.54, 1.807) is 6.20 Å². The second-order valence-electron chi connectivity index (χ2n) is 6.22. The average molecular weight is 302 g/mol. The molecule has 2 aromatic rings. The van der Waals surface area contributed by atoms with E-state index >= 15 is 0 Å². The van der Waals surface area contributed by atoms with Crippen LogP contribution in [-0.4, -0.2) is 38.6 Å². The molecule has 0 N–H and O–H groups in total. The van der Waals surface area contributed by atoms with Gasteiger partial charge in [-0.2, -0.15) is 0 Å². The van der Waals surface area contributed by atoms with Gasteiger partial charge in [-0.15, -0.1) is 0 Å². The van der Waals surface area contributed by atoms with Crippen molar-refractivity contribution >= 4 is 5.91 Å². The first-order valence-electron chi connectivity index (χ1n) is 7.80. The van der Waals surface area contributed by atoms with E-state index in [0.29, 0.717) is 29.6 Å². The van der Waals surface area contributed by atoms with E-state index in [4.69, 9.17) is 4.52 Å². The van der Waals surface area contributed by atoms with Gasteiger partial charge in [0, 0.05) is 31.4 Å². The van der Waals surface area contributed by atoms with E-state index in [1.165, 1.54) is 0 Å². The van der Waals surface area contributed by atoms with Crippen LogP contribution in [0.2, 0.25) is 0 Å². The van der Waals surface area contributed by atoms with Crippen LogP contribution in [0.3, 0.4) is 0 Å². The summed E-state index contributed by atoms with van der Waals surface area (Å²) in [5, 5.41) is 3.98. The molecule has 3 heterocycles. The summed E-state index contributed by atoms with van der Waals surface area (Å²) in [4.78, 5) is 18.9. The lowest BCUT2D eigenvalue weighted by Gasteiger charge is -2.33. The number of carbonyl (C=O) groups is 1. The van der Waals surface area contributed by atoms with Crippen molar-refractivity contribution in [2.24, 2.45) is 0 Å². The number of nitrogens with zero attached hydrogens (tertiary/aromatic N) is 4. The standard InChI is InChI=1S/C16H22N4O2/c1-11(2)15-14(12(3)18-22-15)16(21)19-7-4-5-13(9-19)20-8-6-17-10-20/h6,8,10-11,13H,4-5,7,9H2,1-3H3. The zero-order chi connectivity index (χ0) is 15.7. The zero-order valence-corrected chi connectivity index (χ0v) is 13.3. The van der Waals surface area contributed by atoms with Crippen molar-refractivity contribution in [3.63, 3.8) is 0 Å². The maximum absolute atomic E-state index is 12.9. The molecule has 1 saturated heterocycles. The van der Waals surface area contributed by atoms with Crippen LogP contribution in [0, 0.1) is 6.92 Å². The highest BCUT2D eigenvalue weighted by Gasteiger charge is 2.30. The highest BCUT2D eigenvalue weighted by Crippen LogP contribution is 2.27. The lowest BCUT2D eigenvalue weighted by Crippen LogP contribution is -2.41. The predicted molar refractivity (Wildman–Crippen MR) is 81.7 cm³/mol. The Bertz CT molecular complexity index is 645. The molecule has 1 fully saturated rings. The molecule has 0 radical (unpaired) electrons. The summed E-state index contributed by atoms with van der Waals surface area (Å²) in [6, 6.07) is 0.294. The van der Waals surface area contributed by atoms with Gasteiger partial charge in [0.25, 0.3) is 5.91 Å². The van der Waals surface area contributed by atoms with Crippen molar-refractivity contribution < 1.29 is 9.32 Å². The number of carbonyl (C=O) groups excluding carboxylic acids is 1. The van der Waals surface area contributed by atoms with Crippen LogP contribution in [0.5, 0.6) is 0 Å². The largest absolute Gasteiger partial charge is 0.360 e. The Morgan fingerprint density at radius 3 is 2.95 bits per heavy atom. The lowest BCUT2D eigenvalue weighted by atomic mass is 10.0. The van der Waals surface area contributed by atoms with Gasteiger partial charge in [-0.05, 0) is 19.8 Å². The third-order valence-corrected chi connectivity index (χ3v) is 4.26. The van der Waals surface area contributed by atoms with Crippen LogP contribution >= 0.6 is 0 Å². The maximum Gasteiger partial charge on any atom is 0.259 e. The molecule has 0 aliphatic carbocycles. The number of imidazole rings is 1.